The molecule has 0 heterocycles. The topological polar surface area (TPSA) is 9.23 Å². The van der Waals surface area contributed by atoms with E-state index in [0.29, 0.717) is 5.92 Å². The van der Waals surface area contributed by atoms with Crippen molar-refractivity contribution >= 4 is 0 Å². The second-order valence-corrected chi connectivity index (χ2v) is 3.92. The Kier molecular flexibility index (Phi) is 6.17. The van der Waals surface area contributed by atoms with Crippen LogP contribution in [0.15, 0.2) is 24.3 Å². The third-order valence-electron chi connectivity index (χ3n) is 3.01. The summed E-state index contributed by atoms with van der Waals surface area (Å²) < 4.78 is 5.43. The normalized spacial score (nSPS) is 17.5. The average Bonchev–Trinajstić information content (AvgIpc) is 2.84. The van der Waals surface area contributed by atoms with E-state index in [1.54, 1.807) is 7.11 Å². The Balaban J connectivity index is 0.00000144. The van der Waals surface area contributed by atoms with E-state index in [1.165, 1.54) is 11.5 Å². The molecule has 0 saturated heterocycles. The minimum absolute atomic E-state index is 0. The average molecular weight is 220 g/mol. The molecule has 1 fully saturated rings. The van der Waals surface area contributed by atoms with Crippen LogP contribution in [0, 0.1) is 31.6 Å². The first-order chi connectivity index (χ1) is 7.86. The van der Waals surface area contributed by atoms with Crippen molar-refractivity contribution in [3.8, 4) is 5.75 Å². The molecule has 1 saturated carbocycles. The van der Waals surface area contributed by atoms with Gasteiger partial charge in [0, 0.05) is 0 Å². The number of hydrogen-bond acceptors (Lipinski definition) is 1. The summed E-state index contributed by atoms with van der Waals surface area (Å²) in [6.07, 6.45) is 9.63. The molecule has 17 heavy (non-hydrogen) atoms. The Morgan fingerprint density at radius 3 is 2.35 bits per heavy atom. The molecule has 0 amide bonds. The molecule has 0 N–H and O–H groups in total. The molecule has 83 valence electrons. The van der Waals surface area contributed by atoms with E-state index in [-0.39, 0.29) is 18.9 Å². The monoisotopic (exact) mass is 220 g/mol. The summed E-state index contributed by atoms with van der Waals surface area (Å²) in [5.74, 6) is 2.79. The quantitative estimate of drug-likeness (QED) is 0.675. The Labute approximate surface area is 117 Å². The van der Waals surface area contributed by atoms with E-state index in [0.717, 1.165) is 12.2 Å². The summed E-state index contributed by atoms with van der Waals surface area (Å²) in [6, 6.07) is 8.27. The third kappa shape index (κ3) is 3.30. The van der Waals surface area contributed by atoms with Gasteiger partial charge < -0.3 is 4.74 Å². The first-order valence-electron chi connectivity index (χ1n) is 5.71. The van der Waals surface area contributed by atoms with Crippen LogP contribution in [0.2, 0.25) is 0 Å². The van der Waals surface area contributed by atoms with Crippen molar-refractivity contribution in [3.05, 3.63) is 61.4 Å². The van der Waals surface area contributed by atoms with E-state index in [2.05, 4.69) is 44.7 Å². The largest absolute Gasteiger partial charge is 1.00 e. The Hall–Kier alpha value is -0.383. The van der Waals surface area contributed by atoms with Gasteiger partial charge in [0.05, 0.1) is 7.11 Å². The van der Waals surface area contributed by atoms with E-state index in [4.69, 9.17) is 4.74 Å². The smallest absolute Gasteiger partial charge is 0.496 e. The van der Waals surface area contributed by atoms with Gasteiger partial charge in [0.25, 0.3) is 0 Å². The zero-order valence-corrected chi connectivity index (χ0v) is 10.8. The van der Waals surface area contributed by atoms with Gasteiger partial charge in [-0.1, -0.05) is 25.1 Å². The van der Waals surface area contributed by atoms with Crippen LogP contribution < -0.4 is 23.6 Å². The summed E-state index contributed by atoms with van der Waals surface area (Å²) in [6.45, 7) is 2.21. The maximum Gasteiger partial charge on any atom is 1.00 e. The number of ether oxygens (including phenoxy) is 1. The van der Waals surface area contributed by atoms with Crippen LogP contribution in [0.25, 0.3) is 0 Å². The predicted octanol–water partition coefficient (Wildman–Crippen LogP) is 0.598. The van der Waals surface area contributed by atoms with Crippen LogP contribution in [0.1, 0.15) is 24.8 Å². The number of methoxy groups -OCH3 is 1. The van der Waals surface area contributed by atoms with E-state index in [1.807, 2.05) is 12.1 Å². The Morgan fingerprint density at radius 1 is 1.12 bits per heavy atom. The van der Waals surface area contributed by atoms with Crippen molar-refractivity contribution in [2.24, 2.45) is 0 Å². The fourth-order valence-electron chi connectivity index (χ4n) is 2.21. The minimum atomic E-state index is 0. The summed E-state index contributed by atoms with van der Waals surface area (Å²) in [7, 11) is 1.73. The van der Waals surface area contributed by atoms with Crippen molar-refractivity contribution in [1.82, 2.24) is 0 Å². The summed E-state index contributed by atoms with van der Waals surface area (Å²) in [4.78, 5) is 0. The summed E-state index contributed by atoms with van der Waals surface area (Å²) in [5.41, 5.74) is 1.28. The van der Waals surface area contributed by atoms with Gasteiger partial charge in [-0.3, -0.25) is 0 Å². The van der Waals surface area contributed by atoms with Crippen LogP contribution in [0.4, 0.5) is 0 Å². The molecule has 2 heteroatoms. The molecular weight excluding hydrogens is 203 g/mol. The molecule has 0 aliphatic heterocycles. The first kappa shape index (κ1) is 14.7. The fraction of sp³-hybridized carbons (Fsp3) is 0.267. The molecule has 5 radical (unpaired) electrons. The molecule has 0 aromatic heterocycles. The van der Waals surface area contributed by atoms with Crippen molar-refractivity contribution in [1.29, 1.82) is 0 Å². The van der Waals surface area contributed by atoms with Gasteiger partial charge in [0.15, 0.2) is 0 Å². The van der Waals surface area contributed by atoms with Gasteiger partial charge in [0.1, 0.15) is 5.75 Å². The molecule has 1 aromatic rings. The molecule has 1 aromatic carbocycles. The predicted molar refractivity (Wildman–Crippen MR) is 66.5 cm³/mol. The summed E-state index contributed by atoms with van der Waals surface area (Å²) in [5, 5.41) is 0. The molecule has 2 rings (SSSR count). The Bertz CT molecular complexity index is 331. The van der Waals surface area contributed by atoms with Crippen LogP contribution in [-0.4, -0.2) is 7.11 Å². The van der Waals surface area contributed by atoms with Crippen molar-refractivity contribution in [3.63, 3.8) is 0 Å². The molecule has 1 unspecified atom stereocenters. The molecule has 0 spiro atoms. The van der Waals surface area contributed by atoms with Crippen LogP contribution >= 0.6 is 0 Å². The second kappa shape index (κ2) is 7.14. The number of rotatable bonds is 4. The molecular formula is C15H17LiO+. The Morgan fingerprint density at radius 2 is 1.76 bits per heavy atom. The van der Waals surface area contributed by atoms with Crippen molar-refractivity contribution < 1.29 is 23.6 Å². The summed E-state index contributed by atoms with van der Waals surface area (Å²) >= 11 is 0. The van der Waals surface area contributed by atoms with E-state index < -0.39 is 0 Å². The molecule has 1 aliphatic rings. The zero-order valence-electron chi connectivity index (χ0n) is 10.8. The van der Waals surface area contributed by atoms with Crippen LogP contribution in [0.3, 0.4) is 0 Å². The van der Waals surface area contributed by atoms with Gasteiger partial charge >= 0.3 is 18.9 Å². The van der Waals surface area contributed by atoms with Gasteiger partial charge in [-0.15, -0.1) is 0 Å². The van der Waals surface area contributed by atoms with Gasteiger partial charge in [-0.05, 0) is 55.6 Å². The molecule has 1 atom stereocenters. The van der Waals surface area contributed by atoms with E-state index >= 15 is 0 Å². The van der Waals surface area contributed by atoms with Crippen LogP contribution in [0.5, 0.6) is 5.75 Å². The first-order valence-corrected chi connectivity index (χ1v) is 5.71. The molecule has 0 bridgehead atoms. The fourth-order valence-corrected chi connectivity index (χ4v) is 2.21. The maximum absolute atomic E-state index is 5.43. The maximum atomic E-state index is 5.43. The van der Waals surface area contributed by atoms with Crippen molar-refractivity contribution in [2.45, 2.75) is 19.3 Å². The standard InChI is InChI=1S/C15H17O.Li/c1-3-13(12-8-4-5-9-12)14-10-6-7-11-15(14)16-2;/h4-11,13H,3H2,1-2H3;/q;+1. The molecule has 1 aliphatic carbocycles. The number of para-hydroxylation sites is 1. The SMILES string of the molecule is CCC([C]1[CH][CH][CH][CH]1)c1ccccc1OC.[Li+]. The number of hydrogen-bond donors (Lipinski definition) is 0. The van der Waals surface area contributed by atoms with Gasteiger partial charge in [-0.25, -0.2) is 0 Å². The van der Waals surface area contributed by atoms with Gasteiger partial charge in [-0.2, -0.15) is 0 Å². The third-order valence-corrected chi connectivity index (χ3v) is 3.01. The van der Waals surface area contributed by atoms with Crippen LogP contribution in [-0.2, 0) is 0 Å². The second-order valence-electron chi connectivity index (χ2n) is 3.92. The van der Waals surface area contributed by atoms with Crippen molar-refractivity contribution in [2.75, 3.05) is 7.11 Å². The number of benzene rings is 1. The minimum Gasteiger partial charge on any atom is -0.496 e. The molecule has 1 nitrogen and oxygen atoms in total. The van der Waals surface area contributed by atoms with Gasteiger partial charge in [0.2, 0.25) is 0 Å². The zero-order chi connectivity index (χ0) is 11.4. The van der Waals surface area contributed by atoms with E-state index in [9.17, 15) is 0 Å².